The predicted octanol–water partition coefficient (Wildman–Crippen LogP) is 2.26. The van der Waals surface area contributed by atoms with Gasteiger partial charge in [0, 0.05) is 6.54 Å². The van der Waals surface area contributed by atoms with Gasteiger partial charge >= 0.3 is 5.97 Å². The Morgan fingerprint density at radius 3 is 2.50 bits per heavy atom. The van der Waals surface area contributed by atoms with Gasteiger partial charge in [-0.2, -0.15) is 0 Å². The monoisotopic (exact) mass is 329 g/mol. The number of phenols is 1. The van der Waals surface area contributed by atoms with Gasteiger partial charge in [0.2, 0.25) is 0 Å². The van der Waals surface area contributed by atoms with Gasteiger partial charge in [0.15, 0.2) is 6.10 Å². The fourth-order valence-electron chi connectivity index (χ4n) is 1.99. The van der Waals surface area contributed by atoms with E-state index in [2.05, 4.69) is 5.32 Å². The smallest absolute Gasteiger partial charge is 0.339 e. The number of aromatic hydroxyl groups is 1. The number of rotatable bonds is 6. The maximum atomic E-state index is 12.0. The van der Waals surface area contributed by atoms with Crippen LogP contribution in [0.15, 0.2) is 48.5 Å². The highest BCUT2D eigenvalue weighted by molar-refractivity contribution is 5.92. The highest BCUT2D eigenvalue weighted by Crippen LogP contribution is 2.13. The molecule has 0 aromatic heterocycles. The quantitative estimate of drug-likeness (QED) is 0.794. The summed E-state index contributed by atoms with van der Waals surface area (Å²) in [7, 11) is 1.58. The molecule has 2 aromatic carbocycles. The van der Waals surface area contributed by atoms with Crippen LogP contribution in [0.4, 0.5) is 0 Å². The molecule has 0 aliphatic carbocycles. The Morgan fingerprint density at radius 2 is 1.88 bits per heavy atom. The van der Waals surface area contributed by atoms with Crippen molar-refractivity contribution < 1.29 is 24.2 Å². The molecule has 1 atom stereocenters. The second kappa shape index (κ2) is 8.01. The van der Waals surface area contributed by atoms with E-state index in [4.69, 9.17) is 9.47 Å². The number of benzene rings is 2. The molecule has 0 spiro atoms. The molecule has 0 unspecified atom stereocenters. The van der Waals surface area contributed by atoms with Crippen molar-refractivity contribution in [3.05, 3.63) is 59.7 Å². The van der Waals surface area contributed by atoms with E-state index in [-0.39, 0.29) is 11.3 Å². The molecule has 0 fully saturated rings. The lowest BCUT2D eigenvalue weighted by Gasteiger charge is -2.14. The van der Waals surface area contributed by atoms with Gasteiger partial charge in [0.25, 0.3) is 5.91 Å². The number of amides is 1. The number of esters is 1. The van der Waals surface area contributed by atoms with Crippen molar-refractivity contribution in [3.8, 4) is 11.5 Å². The molecule has 0 radical (unpaired) electrons. The maximum absolute atomic E-state index is 12.0. The summed E-state index contributed by atoms with van der Waals surface area (Å²) in [5.74, 6) is -0.378. The van der Waals surface area contributed by atoms with Crippen LogP contribution in [0, 0.1) is 0 Å². The minimum atomic E-state index is -0.946. The Balaban J connectivity index is 1.86. The van der Waals surface area contributed by atoms with Crippen molar-refractivity contribution in [2.24, 2.45) is 0 Å². The number of carbonyl (C=O) groups is 2. The SMILES string of the molecule is COc1ccc(CNC(=O)[C@H](C)OC(=O)c2cccc(O)c2)cc1. The molecule has 0 saturated heterocycles. The van der Waals surface area contributed by atoms with Crippen molar-refractivity contribution in [2.75, 3.05) is 7.11 Å². The molecular formula is C18H19NO5. The number of carbonyl (C=O) groups excluding carboxylic acids is 2. The standard InChI is InChI=1S/C18H19NO5/c1-12(24-18(22)14-4-3-5-15(20)10-14)17(21)19-11-13-6-8-16(23-2)9-7-13/h3-10,12,20H,11H2,1-2H3,(H,19,21)/t12-/m0/s1. The third kappa shape index (κ3) is 4.74. The van der Waals surface area contributed by atoms with Crippen LogP contribution in [0.1, 0.15) is 22.8 Å². The van der Waals surface area contributed by atoms with Crippen LogP contribution in [0.25, 0.3) is 0 Å². The molecule has 0 bridgehead atoms. The van der Waals surface area contributed by atoms with Crippen LogP contribution in [-0.2, 0) is 16.1 Å². The highest BCUT2D eigenvalue weighted by atomic mass is 16.5. The normalized spacial score (nSPS) is 11.4. The third-order valence-electron chi connectivity index (χ3n) is 3.36. The summed E-state index contributed by atoms with van der Waals surface area (Å²) >= 11 is 0. The van der Waals surface area contributed by atoms with Gasteiger partial charge in [-0.25, -0.2) is 4.79 Å². The van der Waals surface area contributed by atoms with E-state index < -0.39 is 18.0 Å². The number of hydrogen-bond donors (Lipinski definition) is 2. The summed E-state index contributed by atoms with van der Waals surface area (Å²) in [5.41, 5.74) is 1.08. The first-order valence-electron chi connectivity index (χ1n) is 7.40. The van der Waals surface area contributed by atoms with Crippen molar-refractivity contribution in [3.63, 3.8) is 0 Å². The highest BCUT2D eigenvalue weighted by Gasteiger charge is 2.18. The van der Waals surface area contributed by atoms with E-state index in [0.717, 1.165) is 11.3 Å². The Kier molecular flexibility index (Phi) is 5.78. The van der Waals surface area contributed by atoms with E-state index >= 15 is 0 Å². The van der Waals surface area contributed by atoms with Crippen molar-refractivity contribution in [1.29, 1.82) is 0 Å². The maximum Gasteiger partial charge on any atom is 0.339 e. The lowest BCUT2D eigenvalue weighted by Crippen LogP contribution is -2.35. The fourth-order valence-corrected chi connectivity index (χ4v) is 1.99. The van der Waals surface area contributed by atoms with Gasteiger partial charge in [-0.15, -0.1) is 0 Å². The topological polar surface area (TPSA) is 84.9 Å². The summed E-state index contributed by atoms with van der Waals surface area (Å²) in [6.45, 7) is 1.81. The summed E-state index contributed by atoms with van der Waals surface area (Å²) < 4.78 is 10.2. The van der Waals surface area contributed by atoms with Gasteiger partial charge < -0.3 is 19.9 Å². The fraction of sp³-hybridized carbons (Fsp3) is 0.222. The summed E-state index contributed by atoms with van der Waals surface area (Å²) in [5, 5.41) is 12.1. The number of ether oxygens (including phenoxy) is 2. The number of hydrogen-bond acceptors (Lipinski definition) is 5. The molecule has 0 aliphatic rings. The molecule has 2 N–H and O–H groups in total. The molecule has 2 aromatic rings. The minimum absolute atomic E-state index is 0.0407. The minimum Gasteiger partial charge on any atom is -0.508 e. The molecule has 0 saturated carbocycles. The Hall–Kier alpha value is -3.02. The van der Waals surface area contributed by atoms with Gasteiger partial charge in [0.05, 0.1) is 12.7 Å². The molecule has 0 aliphatic heterocycles. The van der Waals surface area contributed by atoms with Crippen LogP contribution < -0.4 is 10.1 Å². The summed E-state index contributed by atoms with van der Waals surface area (Å²) in [6, 6.07) is 13.0. The zero-order valence-electron chi connectivity index (χ0n) is 13.5. The van der Waals surface area contributed by atoms with Crippen molar-refractivity contribution >= 4 is 11.9 Å². The van der Waals surface area contributed by atoms with Gasteiger partial charge in [0.1, 0.15) is 11.5 Å². The average molecular weight is 329 g/mol. The summed E-state index contributed by atoms with van der Waals surface area (Å²) in [6.07, 6.45) is -0.946. The molecular weight excluding hydrogens is 310 g/mol. The predicted molar refractivity (Wildman–Crippen MR) is 87.8 cm³/mol. The number of methoxy groups -OCH3 is 1. The van der Waals surface area contributed by atoms with E-state index in [0.29, 0.717) is 6.54 Å². The molecule has 1 amide bonds. The van der Waals surface area contributed by atoms with E-state index in [1.165, 1.54) is 31.2 Å². The molecule has 6 nitrogen and oxygen atoms in total. The largest absolute Gasteiger partial charge is 0.508 e. The number of phenolic OH excluding ortho intramolecular Hbond substituents is 1. The first kappa shape index (κ1) is 17.3. The molecule has 0 heterocycles. The molecule has 6 heteroatoms. The van der Waals surface area contributed by atoms with Gasteiger partial charge in [-0.3, -0.25) is 4.79 Å². The van der Waals surface area contributed by atoms with Crippen molar-refractivity contribution in [1.82, 2.24) is 5.32 Å². The van der Waals surface area contributed by atoms with Gasteiger partial charge in [-0.05, 0) is 42.8 Å². The van der Waals surface area contributed by atoms with Crippen LogP contribution in [0.5, 0.6) is 11.5 Å². The molecule has 126 valence electrons. The first-order valence-corrected chi connectivity index (χ1v) is 7.40. The molecule has 2 rings (SSSR count). The Bertz CT molecular complexity index is 712. The van der Waals surface area contributed by atoms with Gasteiger partial charge in [-0.1, -0.05) is 18.2 Å². The zero-order chi connectivity index (χ0) is 17.5. The Labute approximate surface area is 140 Å². The Morgan fingerprint density at radius 1 is 1.17 bits per heavy atom. The van der Waals surface area contributed by atoms with Crippen LogP contribution in [-0.4, -0.2) is 30.2 Å². The second-order valence-corrected chi connectivity index (χ2v) is 5.16. The zero-order valence-corrected chi connectivity index (χ0v) is 13.5. The molecule has 24 heavy (non-hydrogen) atoms. The van der Waals surface area contributed by atoms with Crippen molar-refractivity contribution in [2.45, 2.75) is 19.6 Å². The van der Waals surface area contributed by atoms with Crippen LogP contribution in [0.3, 0.4) is 0 Å². The second-order valence-electron chi connectivity index (χ2n) is 5.16. The first-order chi connectivity index (χ1) is 11.5. The average Bonchev–Trinajstić information content (AvgIpc) is 2.60. The number of nitrogens with one attached hydrogen (secondary N) is 1. The van der Waals surface area contributed by atoms with E-state index in [9.17, 15) is 14.7 Å². The van der Waals surface area contributed by atoms with E-state index in [1.807, 2.05) is 12.1 Å². The third-order valence-corrected chi connectivity index (χ3v) is 3.36. The van der Waals surface area contributed by atoms with Crippen LogP contribution in [0.2, 0.25) is 0 Å². The lowest BCUT2D eigenvalue weighted by atomic mass is 10.2. The van der Waals surface area contributed by atoms with E-state index in [1.54, 1.807) is 19.2 Å². The lowest BCUT2D eigenvalue weighted by molar-refractivity contribution is -0.129. The van der Waals surface area contributed by atoms with Crippen LogP contribution >= 0.6 is 0 Å². The summed E-state index contributed by atoms with van der Waals surface area (Å²) in [4.78, 5) is 23.9.